The van der Waals surface area contributed by atoms with Crippen LogP contribution in [0.4, 0.5) is 13.2 Å². The van der Waals surface area contributed by atoms with Crippen LogP contribution >= 0.6 is 11.9 Å². The van der Waals surface area contributed by atoms with Crippen LogP contribution in [0.3, 0.4) is 0 Å². The van der Waals surface area contributed by atoms with Gasteiger partial charge < -0.3 is 14.3 Å². The summed E-state index contributed by atoms with van der Waals surface area (Å²) in [5, 5.41) is 9.61. The Labute approximate surface area is 200 Å². The number of benzene rings is 2. The van der Waals surface area contributed by atoms with Crippen LogP contribution in [0.2, 0.25) is 0 Å². The summed E-state index contributed by atoms with van der Waals surface area (Å²) in [6.45, 7) is 5.61. The second-order valence-corrected chi connectivity index (χ2v) is 9.09. The standard InChI is InChI=1S/C24H26F3NO5S/c1-15(2)31-20-13-19(33-28(30)34-24(25,26)27)14-21(22(20)18-11-7-8-16(3)12-18)32-23(29)17-9-5-4-6-10-17/h4-6,9-10,12-15,18,30H,7-8,11H2,1-3H3. The summed E-state index contributed by atoms with van der Waals surface area (Å²) in [6, 6.07) is 11.0. The first-order valence-electron chi connectivity index (χ1n) is 10.7. The van der Waals surface area contributed by atoms with E-state index < -0.39 is 28.1 Å². The van der Waals surface area contributed by atoms with E-state index in [1.807, 2.05) is 6.92 Å². The average Bonchev–Trinajstić information content (AvgIpc) is 2.72. The molecule has 6 nitrogen and oxygen atoms in total. The minimum atomic E-state index is -4.76. The van der Waals surface area contributed by atoms with E-state index >= 15 is 0 Å². The fourth-order valence-corrected chi connectivity index (χ4v) is 4.00. The Morgan fingerprint density at radius 2 is 1.85 bits per heavy atom. The molecule has 1 unspecified atom stereocenters. The van der Waals surface area contributed by atoms with E-state index in [0.717, 1.165) is 19.3 Å². The lowest BCUT2D eigenvalue weighted by atomic mass is 9.85. The van der Waals surface area contributed by atoms with Crippen molar-refractivity contribution in [3.63, 3.8) is 0 Å². The molecule has 0 bridgehead atoms. The first-order chi connectivity index (χ1) is 16.0. The molecule has 0 spiro atoms. The monoisotopic (exact) mass is 497 g/mol. The van der Waals surface area contributed by atoms with Gasteiger partial charge in [-0.2, -0.15) is 13.2 Å². The molecule has 1 aliphatic rings. The average molecular weight is 498 g/mol. The molecular weight excluding hydrogens is 471 g/mol. The molecule has 1 atom stereocenters. The van der Waals surface area contributed by atoms with Gasteiger partial charge in [0.15, 0.2) is 5.75 Å². The van der Waals surface area contributed by atoms with Crippen molar-refractivity contribution in [1.29, 1.82) is 0 Å². The van der Waals surface area contributed by atoms with E-state index in [-0.39, 0.29) is 23.5 Å². The van der Waals surface area contributed by atoms with Crippen molar-refractivity contribution >= 4 is 17.9 Å². The lowest BCUT2D eigenvalue weighted by Crippen LogP contribution is -2.21. The van der Waals surface area contributed by atoms with Crippen LogP contribution in [-0.2, 0) is 0 Å². The molecule has 0 aliphatic heterocycles. The Morgan fingerprint density at radius 1 is 1.18 bits per heavy atom. The van der Waals surface area contributed by atoms with E-state index in [2.05, 4.69) is 6.08 Å². The smallest absolute Gasteiger partial charge is 0.461 e. The van der Waals surface area contributed by atoms with Gasteiger partial charge in [0.25, 0.3) is 0 Å². The van der Waals surface area contributed by atoms with Crippen LogP contribution in [0, 0.1) is 0 Å². The van der Waals surface area contributed by atoms with Gasteiger partial charge in [-0.3, -0.25) is 5.21 Å². The van der Waals surface area contributed by atoms with Crippen molar-refractivity contribution in [1.82, 2.24) is 4.63 Å². The Balaban J connectivity index is 2.06. The topological polar surface area (TPSA) is 68.2 Å². The number of hydrogen-bond donors (Lipinski definition) is 1. The quantitative estimate of drug-likeness (QED) is 0.138. The van der Waals surface area contributed by atoms with Crippen LogP contribution < -0.4 is 14.3 Å². The summed E-state index contributed by atoms with van der Waals surface area (Å²) < 4.78 is 49.1. The first-order valence-corrected chi connectivity index (χ1v) is 11.5. The Morgan fingerprint density at radius 3 is 2.47 bits per heavy atom. The van der Waals surface area contributed by atoms with Crippen molar-refractivity contribution in [3.05, 3.63) is 65.2 Å². The molecule has 0 radical (unpaired) electrons. The van der Waals surface area contributed by atoms with Crippen molar-refractivity contribution in [2.75, 3.05) is 0 Å². The molecule has 0 saturated carbocycles. The molecular formula is C24H26F3NO5S. The first kappa shape index (κ1) is 25.9. The van der Waals surface area contributed by atoms with E-state index in [1.54, 1.807) is 44.2 Å². The number of nitrogens with zero attached hydrogens (tertiary/aromatic N) is 1. The molecule has 2 aromatic carbocycles. The van der Waals surface area contributed by atoms with Gasteiger partial charge in [0.1, 0.15) is 23.4 Å². The number of ether oxygens (including phenoxy) is 2. The molecule has 10 heteroatoms. The highest BCUT2D eigenvalue weighted by Crippen LogP contribution is 2.45. The number of carbonyl (C=O) groups excluding carboxylic acids is 1. The number of esters is 1. The molecule has 1 aliphatic carbocycles. The largest absolute Gasteiger partial charge is 0.490 e. The zero-order valence-corrected chi connectivity index (χ0v) is 19.8. The van der Waals surface area contributed by atoms with E-state index in [4.69, 9.17) is 14.3 Å². The molecule has 0 heterocycles. The van der Waals surface area contributed by atoms with Crippen molar-refractivity contribution in [2.45, 2.75) is 57.6 Å². The number of hydrogen-bond acceptors (Lipinski definition) is 7. The lowest BCUT2D eigenvalue weighted by molar-refractivity contribution is -0.199. The van der Waals surface area contributed by atoms with Crippen molar-refractivity contribution in [3.8, 4) is 17.2 Å². The predicted octanol–water partition coefficient (Wildman–Crippen LogP) is 7.06. The predicted molar refractivity (Wildman–Crippen MR) is 122 cm³/mol. The summed E-state index contributed by atoms with van der Waals surface area (Å²) in [5.41, 5.74) is -2.69. The molecule has 0 fully saturated rings. The van der Waals surface area contributed by atoms with Gasteiger partial charge in [0.2, 0.25) is 0 Å². The fourth-order valence-electron chi connectivity index (χ4n) is 3.70. The highest BCUT2D eigenvalue weighted by atomic mass is 32.2. The maximum atomic E-state index is 12.8. The van der Waals surface area contributed by atoms with E-state index in [9.17, 15) is 23.2 Å². The maximum absolute atomic E-state index is 12.8. The Kier molecular flexibility index (Phi) is 8.51. The van der Waals surface area contributed by atoms with Gasteiger partial charge in [-0.25, -0.2) is 4.79 Å². The summed E-state index contributed by atoms with van der Waals surface area (Å²) in [5.74, 6) is -0.583. The Hall–Kier alpha value is -2.69. The van der Waals surface area contributed by atoms with Crippen LogP contribution in [0.15, 0.2) is 54.1 Å². The molecule has 0 amide bonds. The second-order valence-electron chi connectivity index (χ2n) is 8.13. The summed E-state index contributed by atoms with van der Waals surface area (Å²) >= 11 is -0.871. The van der Waals surface area contributed by atoms with Crippen molar-refractivity contribution in [2.24, 2.45) is 0 Å². The third kappa shape index (κ3) is 7.41. The molecule has 2 aromatic rings. The van der Waals surface area contributed by atoms with Gasteiger partial charge >= 0.3 is 11.5 Å². The lowest BCUT2D eigenvalue weighted by Gasteiger charge is -2.26. The number of carbonyl (C=O) groups is 1. The van der Waals surface area contributed by atoms with Gasteiger partial charge in [0.05, 0.1) is 16.3 Å². The third-order valence-corrected chi connectivity index (χ3v) is 5.40. The minimum absolute atomic E-state index is 0.0864. The summed E-state index contributed by atoms with van der Waals surface area (Å²) in [7, 11) is 0. The number of halogens is 3. The second kappa shape index (κ2) is 11.2. The van der Waals surface area contributed by atoms with Gasteiger partial charge in [-0.15, -0.1) is 0 Å². The van der Waals surface area contributed by atoms with Crippen LogP contribution in [0.5, 0.6) is 17.2 Å². The van der Waals surface area contributed by atoms with Gasteiger partial charge in [0, 0.05) is 23.6 Å². The highest BCUT2D eigenvalue weighted by molar-refractivity contribution is 7.97. The summed E-state index contributed by atoms with van der Waals surface area (Å²) in [4.78, 5) is 17.8. The van der Waals surface area contributed by atoms with E-state index in [1.165, 1.54) is 17.7 Å². The zero-order valence-electron chi connectivity index (χ0n) is 19.0. The molecule has 1 N–H and O–H groups in total. The van der Waals surface area contributed by atoms with Gasteiger partial charge in [-0.05, 0) is 52.2 Å². The number of alkyl halides is 3. The summed E-state index contributed by atoms with van der Waals surface area (Å²) in [6.07, 6.45) is 4.44. The van der Waals surface area contributed by atoms with Crippen LogP contribution in [0.1, 0.15) is 61.9 Å². The highest BCUT2D eigenvalue weighted by Gasteiger charge is 2.34. The van der Waals surface area contributed by atoms with Crippen LogP contribution in [0.25, 0.3) is 0 Å². The third-order valence-electron chi connectivity index (χ3n) is 4.96. The van der Waals surface area contributed by atoms with Crippen molar-refractivity contribution < 1.29 is 37.5 Å². The van der Waals surface area contributed by atoms with Gasteiger partial charge in [-0.1, -0.05) is 29.8 Å². The molecule has 0 saturated heterocycles. The number of allylic oxidation sites excluding steroid dienone is 2. The normalized spacial score (nSPS) is 16.4. The van der Waals surface area contributed by atoms with E-state index in [0.29, 0.717) is 16.9 Å². The maximum Gasteiger partial charge on any atom is 0.461 e. The van der Waals surface area contributed by atoms with Crippen LogP contribution in [-0.4, -0.2) is 27.4 Å². The molecule has 184 valence electrons. The fraction of sp³-hybridized carbons (Fsp3) is 0.375. The number of rotatable bonds is 8. The molecule has 0 aromatic heterocycles. The minimum Gasteiger partial charge on any atom is -0.490 e. The zero-order chi connectivity index (χ0) is 24.9. The Bertz CT molecular complexity index is 1030. The SMILES string of the molecule is CC1=CC(c2c(OC(=O)c3ccccc3)cc(ON(O)SC(F)(F)F)cc2OC(C)C)CCC1. The molecule has 34 heavy (non-hydrogen) atoms. The molecule has 3 rings (SSSR count).